The van der Waals surface area contributed by atoms with Crippen LogP contribution in [-0.2, 0) is 9.59 Å². The van der Waals surface area contributed by atoms with Gasteiger partial charge in [0.25, 0.3) is 0 Å². The summed E-state index contributed by atoms with van der Waals surface area (Å²) >= 11 is 5.74. The number of nitrogens with one attached hydrogen (secondary N) is 1. The first kappa shape index (κ1) is 18.0. The summed E-state index contributed by atoms with van der Waals surface area (Å²) in [4.78, 5) is 27.1. The van der Waals surface area contributed by atoms with Gasteiger partial charge in [0.1, 0.15) is 12.1 Å². The van der Waals surface area contributed by atoms with Crippen LogP contribution >= 0.6 is 11.6 Å². The van der Waals surface area contributed by atoms with Crippen molar-refractivity contribution in [2.75, 3.05) is 6.54 Å². The van der Waals surface area contributed by atoms with Crippen molar-refractivity contribution in [2.24, 2.45) is 11.3 Å². The largest absolute Gasteiger partial charge is 0.342 e. The van der Waals surface area contributed by atoms with E-state index in [2.05, 4.69) is 5.32 Å². The second kappa shape index (κ2) is 6.82. The van der Waals surface area contributed by atoms with Crippen molar-refractivity contribution >= 4 is 23.4 Å². The molecule has 1 aliphatic heterocycles. The molecular formula is C16H27ClN2O2. The molecule has 1 heterocycles. The molecule has 1 aliphatic rings. The summed E-state index contributed by atoms with van der Waals surface area (Å²) in [6, 6.07) is -0.916. The lowest BCUT2D eigenvalue weighted by atomic mass is 9.82. The van der Waals surface area contributed by atoms with E-state index in [-0.39, 0.29) is 23.1 Å². The number of carbonyl (C=O) groups excluding carboxylic acids is 2. The Morgan fingerprint density at radius 3 is 2.43 bits per heavy atom. The highest BCUT2D eigenvalue weighted by molar-refractivity contribution is 6.25. The highest BCUT2D eigenvalue weighted by atomic mass is 35.5. The fourth-order valence-electron chi connectivity index (χ4n) is 2.59. The van der Waals surface area contributed by atoms with Crippen molar-refractivity contribution < 1.29 is 9.59 Å². The molecule has 3 atom stereocenters. The summed E-state index contributed by atoms with van der Waals surface area (Å²) in [5, 5.41) is 2.91. The third-order valence-electron chi connectivity index (χ3n) is 4.08. The summed E-state index contributed by atoms with van der Waals surface area (Å²) in [7, 11) is 0. The van der Waals surface area contributed by atoms with E-state index in [4.69, 9.17) is 11.6 Å². The molecule has 0 bridgehead atoms. The van der Waals surface area contributed by atoms with Crippen LogP contribution in [0.3, 0.4) is 0 Å². The first-order chi connectivity index (χ1) is 9.63. The smallest absolute Gasteiger partial charge is 0.246 e. The molecule has 0 aromatic heterocycles. The van der Waals surface area contributed by atoms with Gasteiger partial charge in [-0.15, -0.1) is 0 Å². The van der Waals surface area contributed by atoms with Crippen LogP contribution in [0.1, 0.15) is 48.0 Å². The average molecular weight is 315 g/mol. The molecule has 1 rings (SSSR count). The lowest BCUT2D eigenvalue weighted by molar-refractivity contribution is -0.154. The number of hydrogen-bond donors (Lipinski definition) is 1. The third-order valence-corrected chi connectivity index (χ3v) is 4.45. The Labute approximate surface area is 132 Å². The Morgan fingerprint density at radius 2 is 2.00 bits per heavy atom. The molecule has 2 amide bonds. The van der Waals surface area contributed by atoms with Crippen LogP contribution < -0.4 is 5.32 Å². The summed E-state index contributed by atoms with van der Waals surface area (Å²) in [6.45, 7) is 12.2. The van der Waals surface area contributed by atoms with Gasteiger partial charge >= 0.3 is 0 Å². The maximum absolute atomic E-state index is 12.8. The first-order valence-corrected chi connectivity index (χ1v) is 7.93. The highest BCUT2D eigenvalue weighted by Crippen LogP contribution is 2.28. The van der Waals surface area contributed by atoms with Crippen LogP contribution in [0.25, 0.3) is 0 Å². The molecular weight excluding hydrogens is 288 g/mol. The predicted octanol–water partition coefficient (Wildman–Crippen LogP) is 2.92. The van der Waals surface area contributed by atoms with Crippen molar-refractivity contribution in [1.29, 1.82) is 0 Å². The lowest BCUT2D eigenvalue weighted by Crippen LogP contribution is -2.68. The molecule has 0 spiro atoms. The minimum atomic E-state index is -0.492. The van der Waals surface area contributed by atoms with Crippen LogP contribution in [0.2, 0.25) is 0 Å². The fourth-order valence-corrected chi connectivity index (χ4v) is 2.66. The zero-order valence-electron chi connectivity index (χ0n) is 13.9. The molecule has 3 unspecified atom stereocenters. The highest BCUT2D eigenvalue weighted by Gasteiger charge is 2.46. The summed E-state index contributed by atoms with van der Waals surface area (Å²) in [5.41, 5.74) is 2.03. The molecule has 1 fully saturated rings. The number of halogens is 1. The molecule has 5 heteroatoms. The van der Waals surface area contributed by atoms with Gasteiger partial charge in [-0.05, 0) is 23.8 Å². The van der Waals surface area contributed by atoms with Gasteiger partial charge in [-0.1, -0.05) is 52.6 Å². The minimum absolute atomic E-state index is 0.0229. The standard InChI is InChI=1S/C16H27ClN2O2/c1-7-11(3)12-14(20)18-13(16(4,5)6)15(21)19(12)9-10(2)8-17/h8,11-13H,7,9H2,1-6H3,(H,18,20). The summed E-state index contributed by atoms with van der Waals surface area (Å²) < 4.78 is 0. The Morgan fingerprint density at radius 1 is 1.43 bits per heavy atom. The predicted molar refractivity (Wildman–Crippen MR) is 86.0 cm³/mol. The monoisotopic (exact) mass is 314 g/mol. The van der Waals surface area contributed by atoms with E-state index in [0.29, 0.717) is 6.54 Å². The van der Waals surface area contributed by atoms with E-state index in [1.807, 2.05) is 41.5 Å². The van der Waals surface area contributed by atoms with Crippen molar-refractivity contribution in [3.05, 3.63) is 11.1 Å². The first-order valence-electron chi connectivity index (χ1n) is 7.50. The normalized spacial score (nSPS) is 25.9. The van der Waals surface area contributed by atoms with Crippen LogP contribution in [0.5, 0.6) is 0 Å². The van der Waals surface area contributed by atoms with E-state index in [0.717, 1.165) is 12.0 Å². The van der Waals surface area contributed by atoms with Gasteiger partial charge in [-0.3, -0.25) is 9.59 Å². The Kier molecular flexibility index (Phi) is 5.85. The number of carbonyl (C=O) groups is 2. The van der Waals surface area contributed by atoms with Crippen LogP contribution in [-0.4, -0.2) is 35.3 Å². The molecule has 0 aliphatic carbocycles. The summed E-state index contributed by atoms with van der Waals surface area (Å²) in [6.07, 6.45) is 0.839. The van der Waals surface area contributed by atoms with E-state index < -0.39 is 12.1 Å². The molecule has 120 valence electrons. The third kappa shape index (κ3) is 4.00. The molecule has 0 radical (unpaired) electrons. The van der Waals surface area contributed by atoms with Crippen LogP contribution in [0.4, 0.5) is 0 Å². The van der Waals surface area contributed by atoms with Crippen molar-refractivity contribution in [3.8, 4) is 0 Å². The minimum Gasteiger partial charge on any atom is -0.342 e. The number of piperazine rings is 1. The van der Waals surface area contributed by atoms with Gasteiger partial charge in [0.15, 0.2) is 0 Å². The van der Waals surface area contributed by atoms with E-state index >= 15 is 0 Å². The number of amides is 2. The summed E-state index contributed by atoms with van der Waals surface area (Å²) in [5.74, 6) is 0.0227. The maximum Gasteiger partial charge on any atom is 0.246 e. The van der Waals surface area contributed by atoms with E-state index in [9.17, 15) is 9.59 Å². The SMILES string of the molecule is CCC(C)C1C(=O)NC(C(C)(C)C)C(=O)N1CC(C)=CCl. The van der Waals surface area contributed by atoms with Crippen LogP contribution in [0, 0.1) is 11.3 Å². The van der Waals surface area contributed by atoms with Gasteiger partial charge in [-0.25, -0.2) is 0 Å². The molecule has 1 N–H and O–H groups in total. The van der Waals surface area contributed by atoms with Gasteiger partial charge in [0, 0.05) is 12.1 Å². The topological polar surface area (TPSA) is 49.4 Å². The molecule has 0 aromatic rings. The fraction of sp³-hybridized carbons (Fsp3) is 0.750. The zero-order valence-corrected chi connectivity index (χ0v) is 14.6. The Balaban J connectivity index is 3.17. The Bertz CT molecular complexity index is 440. The lowest BCUT2D eigenvalue weighted by Gasteiger charge is -2.45. The van der Waals surface area contributed by atoms with Crippen LogP contribution in [0.15, 0.2) is 11.1 Å². The van der Waals surface area contributed by atoms with Crippen molar-refractivity contribution in [2.45, 2.75) is 60.0 Å². The molecule has 0 saturated carbocycles. The van der Waals surface area contributed by atoms with E-state index in [1.54, 1.807) is 4.90 Å². The molecule has 4 nitrogen and oxygen atoms in total. The quantitative estimate of drug-likeness (QED) is 0.867. The van der Waals surface area contributed by atoms with Gasteiger partial charge in [-0.2, -0.15) is 0 Å². The van der Waals surface area contributed by atoms with Crippen molar-refractivity contribution in [1.82, 2.24) is 10.2 Å². The molecule has 1 saturated heterocycles. The number of rotatable bonds is 4. The second-order valence-electron chi connectivity index (χ2n) is 7.06. The molecule has 0 aromatic carbocycles. The average Bonchev–Trinajstić information content (AvgIpc) is 2.40. The van der Waals surface area contributed by atoms with Gasteiger partial charge < -0.3 is 10.2 Å². The second-order valence-corrected chi connectivity index (χ2v) is 7.28. The molecule has 21 heavy (non-hydrogen) atoms. The maximum atomic E-state index is 12.8. The van der Waals surface area contributed by atoms with Crippen molar-refractivity contribution in [3.63, 3.8) is 0 Å². The van der Waals surface area contributed by atoms with Gasteiger partial charge in [0.2, 0.25) is 11.8 Å². The van der Waals surface area contributed by atoms with Gasteiger partial charge in [0.05, 0.1) is 0 Å². The number of nitrogens with zero attached hydrogens (tertiary/aromatic N) is 1. The zero-order chi connectivity index (χ0) is 16.4. The number of hydrogen-bond acceptors (Lipinski definition) is 2. The Hall–Kier alpha value is -1.03. The van der Waals surface area contributed by atoms with E-state index in [1.165, 1.54) is 5.54 Å².